The van der Waals surface area contributed by atoms with E-state index in [1.165, 1.54) is 24.3 Å². The van der Waals surface area contributed by atoms with Gasteiger partial charge in [0.25, 0.3) is 0 Å². The van der Waals surface area contributed by atoms with Crippen molar-refractivity contribution in [2.45, 2.75) is 20.8 Å². The van der Waals surface area contributed by atoms with Crippen LogP contribution in [0.3, 0.4) is 0 Å². The van der Waals surface area contributed by atoms with E-state index in [1.807, 2.05) is 32.9 Å². The second-order valence-electron chi connectivity index (χ2n) is 5.69. The molecule has 24 heavy (non-hydrogen) atoms. The fourth-order valence-electron chi connectivity index (χ4n) is 2.61. The van der Waals surface area contributed by atoms with Crippen molar-refractivity contribution < 1.29 is 18.7 Å². The molecule has 2 aromatic rings. The number of halogens is 1. The topological polar surface area (TPSA) is 43.4 Å². The molecule has 0 aliphatic heterocycles. The summed E-state index contributed by atoms with van der Waals surface area (Å²) in [5.41, 5.74) is 4.09. The Morgan fingerprint density at radius 3 is 2.21 bits per heavy atom. The minimum Gasteiger partial charge on any atom is -0.454 e. The van der Waals surface area contributed by atoms with Gasteiger partial charge in [0, 0.05) is 11.6 Å². The third kappa shape index (κ3) is 4.62. The van der Waals surface area contributed by atoms with E-state index in [1.54, 1.807) is 12.1 Å². The molecular formula is C20H19FO3. The van der Waals surface area contributed by atoms with Crippen LogP contribution in [-0.2, 0) is 9.53 Å². The number of benzene rings is 2. The molecule has 4 heteroatoms. The number of ether oxygens (including phenoxy) is 1. The molecule has 0 fully saturated rings. The zero-order valence-electron chi connectivity index (χ0n) is 13.9. The standard InChI is InChI=1S/C20H19FO3/c1-13-10-14(2)20(15(3)11-13)18(22)12-24-19(23)9-6-16-4-7-17(21)8-5-16/h4-11H,12H2,1-3H3. The Labute approximate surface area is 140 Å². The van der Waals surface area contributed by atoms with Crippen LogP contribution in [-0.4, -0.2) is 18.4 Å². The zero-order chi connectivity index (χ0) is 17.7. The van der Waals surface area contributed by atoms with E-state index in [2.05, 4.69) is 0 Å². The molecule has 3 nitrogen and oxygen atoms in total. The van der Waals surface area contributed by atoms with Crippen LogP contribution in [0, 0.1) is 26.6 Å². The molecule has 0 bridgehead atoms. The fourth-order valence-corrected chi connectivity index (χ4v) is 2.61. The van der Waals surface area contributed by atoms with Gasteiger partial charge in [0.15, 0.2) is 6.61 Å². The van der Waals surface area contributed by atoms with Gasteiger partial charge in [-0.05, 0) is 55.7 Å². The molecule has 0 spiro atoms. The molecule has 0 saturated heterocycles. The molecule has 0 aliphatic carbocycles. The summed E-state index contributed by atoms with van der Waals surface area (Å²) >= 11 is 0. The second-order valence-corrected chi connectivity index (χ2v) is 5.69. The minimum atomic E-state index is -0.616. The highest BCUT2D eigenvalue weighted by atomic mass is 19.1. The first kappa shape index (κ1) is 17.6. The van der Waals surface area contributed by atoms with Gasteiger partial charge in [0.1, 0.15) is 5.82 Å². The van der Waals surface area contributed by atoms with Gasteiger partial charge in [-0.25, -0.2) is 9.18 Å². The molecular weight excluding hydrogens is 307 g/mol. The largest absolute Gasteiger partial charge is 0.454 e. The van der Waals surface area contributed by atoms with Crippen LogP contribution in [0.4, 0.5) is 4.39 Å². The molecule has 0 heterocycles. The van der Waals surface area contributed by atoms with Crippen molar-refractivity contribution in [3.63, 3.8) is 0 Å². The summed E-state index contributed by atoms with van der Waals surface area (Å²) in [5, 5.41) is 0. The van der Waals surface area contributed by atoms with Crippen molar-refractivity contribution in [1.29, 1.82) is 0 Å². The Hall–Kier alpha value is -2.75. The zero-order valence-corrected chi connectivity index (χ0v) is 13.9. The SMILES string of the molecule is Cc1cc(C)c(C(=O)COC(=O)C=Cc2ccc(F)cc2)c(C)c1. The predicted octanol–water partition coefficient (Wildman–Crippen LogP) is 4.19. The highest BCUT2D eigenvalue weighted by Crippen LogP contribution is 2.17. The van der Waals surface area contributed by atoms with Crippen molar-refractivity contribution >= 4 is 17.8 Å². The lowest BCUT2D eigenvalue weighted by Crippen LogP contribution is -2.15. The minimum absolute atomic E-state index is 0.228. The predicted molar refractivity (Wildman–Crippen MR) is 91.4 cm³/mol. The molecule has 124 valence electrons. The van der Waals surface area contributed by atoms with Gasteiger partial charge in [0.2, 0.25) is 5.78 Å². The van der Waals surface area contributed by atoms with Gasteiger partial charge in [-0.2, -0.15) is 0 Å². The number of carbonyl (C=O) groups is 2. The van der Waals surface area contributed by atoms with E-state index in [9.17, 15) is 14.0 Å². The first-order chi connectivity index (χ1) is 11.4. The lowest BCUT2D eigenvalue weighted by Gasteiger charge is -2.10. The summed E-state index contributed by atoms with van der Waals surface area (Å²) in [4.78, 5) is 24.0. The summed E-state index contributed by atoms with van der Waals surface area (Å²) in [7, 11) is 0. The van der Waals surface area contributed by atoms with E-state index in [-0.39, 0.29) is 18.2 Å². The number of aryl methyl sites for hydroxylation is 3. The first-order valence-corrected chi connectivity index (χ1v) is 7.58. The molecule has 0 atom stereocenters. The van der Waals surface area contributed by atoms with Gasteiger partial charge < -0.3 is 4.74 Å². The van der Waals surface area contributed by atoms with E-state index in [0.717, 1.165) is 16.7 Å². The van der Waals surface area contributed by atoms with E-state index in [4.69, 9.17) is 4.74 Å². The number of hydrogen-bond acceptors (Lipinski definition) is 3. The number of carbonyl (C=O) groups excluding carboxylic acids is 2. The summed E-state index contributed by atoms with van der Waals surface area (Å²) in [6.45, 7) is 5.39. The number of rotatable bonds is 5. The number of esters is 1. The monoisotopic (exact) mass is 326 g/mol. The highest BCUT2D eigenvalue weighted by molar-refractivity contribution is 6.01. The van der Waals surface area contributed by atoms with Crippen molar-refractivity contribution in [3.8, 4) is 0 Å². The summed E-state index contributed by atoms with van der Waals surface area (Å²) < 4.78 is 17.8. The van der Waals surface area contributed by atoms with Crippen LogP contribution >= 0.6 is 0 Å². The Bertz CT molecular complexity index is 766. The van der Waals surface area contributed by atoms with Crippen molar-refractivity contribution in [2.75, 3.05) is 6.61 Å². The maximum Gasteiger partial charge on any atom is 0.331 e. The number of ketones is 1. The maximum atomic E-state index is 12.8. The molecule has 0 aromatic heterocycles. The molecule has 2 rings (SSSR count). The van der Waals surface area contributed by atoms with E-state index in [0.29, 0.717) is 11.1 Å². The summed E-state index contributed by atoms with van der Waals surface area (Å²) in [5.74, 6) is -1.19. The third-order valence-electron chi connectivity index (χ3n) is 3.58. The van der Waals surface area contributed by atoms with E-state index >= 15 is 0 Å². The average molecular weight is 326 g/mol. The van der Waals surface area contributed by atoms with Gasteiger partial charge in [0.05, 0.1) is 0 Å². The summed E-state index contributed by atoms with van der Waals surface area (Å²) in [6, 6.07) is 9.55. The van der Waals surface area contributed by atoms with Crippen LogP contribution < -0.4 is 0 Å². The van der Waals surface area contributed by atoms with Crippen LogP contribution in [0.15, 0.2) is 42.5 Å². The molecule has 0 amide bonds. The molecule has 0 aliphatic rings. The third-order valence-corrected chi connectivity index (χ3v) is 3.58. The quantitative estimate of drug-likeness (QED) is 0.470. The van der Waals surface area contributed by atoms with Crippen molar-refractivity contribution in [1.82, 2.24) is 0 Å². The lowest BCUT2D eigenvalue weighted by atomic mass is 9.97. The van der Waals surface area contributed by atoms with Crippen LogP contribution in [0.2, 0.25) is 0 Å². The number of hydrogen-bond donors (Lipinski definition) is 0. The second kappa shape index (κ2) is 7.68. The fraction of sp³-hybridized carbons (Fsp3) is 0.200. The first-order valence-electron chi connectivity index (χ1n) is 7.58. The van der Waals surface area contributed by atoms with Crippen molar-refractivity contribution in [2.24, 2.45) is 0 Å². The van der Waals surface area contributed by atoms with Gasteiger partial charge >= 0.3 is 5.97 Å². The van der Waals surface area contributed by atoms with E-state index < -0.39 is 5.97 Å². The molecule has 0 N–H and O–H groups in total. The number of Topliss-reactive ketones (excluding diaryl/α,β-unsaturated/α-hetero) is 1. The maximum absolute atomic E-state index is 12.8. The highest BCUT2D eigenvalue weighted by Gasteiger charge is 2.14. The summed E-state index contributed by atoms with van der Waals surface area (Å²) in [6.07, 6.45) is 2.73. The Morgan fingerprint density at radius 1 is 1.04 bits per heavy atom. The van der Waals surface area contributed by atoms with Crippen LogP contribution in [0.5, 0.6) is 0 Å². The molecule has 0 radical (unpaired) electrons. The average Bonchev–Trinajstić information content (AvgIpc) is 2.51. The molecule has 0 unspecified atom stereocenters. The van der Waals surface area contributed by atoms with Gasteiger partial charge in [-0.3, -0.25) is 4.79 Å². The van der Waals surface area contributed by atoms with Crippen LogP contribution in [0.1, 0.15) is 32.6 Å². The lowest BCUT2D eigenvalue weighted by molar-refractivity contribution is -0.136. The Kier molecular flexibility index (Phi) is 5.64. The van der Waals surface area contributed by atoms with Crippen molar-refractivity contribution in [3.05, 3.63) is 76.1 Å². The normalized spacial score (nSPS) is 10.8. The smallest absolute Gasteiger partial charge is 0.331 e. The Balaban J connectivity index is 1.96. The van der Waals surface area contributed by atoms with Gasteiger partial charge in [-0.15, -0.1) is 0 Å². The van der Waals surface area contributed by atoms with Crippen LogP contribution in [0.25, 0.3) is 6.08 Å². The molecule has 0 saturated carbocycles. The van der Waals surface area contributed by atoms with Gasteiger partial charge in [-0.1, -0.05) is 29.8 Å². The Morgan fingerprint density at radius 2 is 1.62 bits per heavy atom. The molecule has 2 aromatic carbocycles.